The Morgan fingerprint density at radius 1 is 0.347 bits per heavy atom. The zero-order valence-electron chi connectivity index (χ0n) is 39.8. The number of benzene rings is 9. The SMILES string of the molecule is CCC(CC)N1C(=O)c2c(-c3ccc(C#N)cc3)cc3c4cc(-c5ccc(C#N)cc5)c5c6c(c(-c7ccc(C#N)cc7)cc(c7cc(-c8ccc(C#N)cc8)c(c2c37)C1=O)c64)C(=O)N(C(CC)CC)C5=O. The first-order valence-electron chi connectivity index (χ1n) is 24.2. The average Bonchev–Trinajstić information content (AvgIpc) is 3.42. The second-order valence-electron chi connectivity index (χ2n) is 18.5. The van der Waals surface area contributed by atoms with Crippen molar-refractivity contribution in [1.82, 2.24) is 9.80 Å². The van der Waals surface area contributed by atoms with Crippen LogP contribution in [0.15, 0.2) is 121 Å². The number of nitrogens with zero attached hydrogens (tertiary/aromatic N) is 6. The van der Waals surface area contributed by atoms with Crippen molar-refractivity contribution in [2.75, 3.05) is 0 Å². The Kier molecular flexibility index (Phi) is 10.7. The number of amides is 4. The van der Waals surface area contributed by atoms with Crippen molar-refractivity contribution >= 4 is 66.7 Å². The van der Waals surface area contributed by atoms with Gasteiger partial charge >= 0.3 is 0 Å². The minimum atomic E-state index is -0.444. The van der Waals surface area contributed by atoms with E-state index >= 15 is 19.2 Å². The molecule has 2 heterocycles. The van der Waals surface area contributed by atoms with E-state index < -0.39 is 35.7 Å². The summed E-state index contributed by atoms with van der Waals surface area (Å²) in [5, 5.41) is 44.4. The Balaban J connectivity index is 1.43. The Bertz CT molecular complexity index is 3520. The van der Waals surface area contributed by atoms with Gasteiger partial charge in [0.05, 0.1) is 68.8 Å². The molecule has 0 saturated carbocycles. The van der Waals surface area contributed by atoms with Crippen LogP contribution in [0, 0.1) is 45.3 Å². The van der Waals surface area contributed by atoms with E-state index in [0.717, 1.165) is 0 Å². The van der Waals surface area contributed by atoms with Crippen LogP contribution in [0.4, 0.5) is 0 Å². The first-order valence-corrected chi connectivity index (χ1v) is 24.2. The van der Waals surface area contributed by atoms with Gasteiger partial charge in [-0.1, -0.05) is 76.2 Å². The van der Waals surface area contributed by atoms with Gasteiger partial charge in [0, 0.05) is 22.9 Å². The second kappa shape index (κ2) is 17.2. The van der Waals surface area contributed by atoms with Gasteiger partial charge in [-0.25, -0.2) is 0 Å². The molecule has 11 rings (SSSR count). The third-order valence-electron chi connectivity index (χ3n) is 15.0. The van der Waals surface area contributed by atoms with Crippen molar-refractivity contribution in [3.05, 3.63) is 166 Å². The molecule has 10 nitrogen and oxygen atoms in total. The fourth-order valence-electron chi connectivity index (χ4n) is 11.5. The molecule has 0 aliphatic carbocycles. The molecule has 9 aromatic carbocycles. The van der Waals surface area contributed by atoms with Crippen LogP contribution in [0.3, 0.4) is 0 Å². The molecule has 0 radical (unpaired) electrons. The molecular weight excluding hydrogens is 893 g/mol. The Hall–Kier alpha value is -9.48. The van der Waals surface area contributed by atoms with Crippen LogP contribution in [-0.2, 0) is 0 Å². The lowest BCUT2D eigenvalue weighted by atomic mass is 9.75. The Labute approximate surface area is 415 Å². The number of hydrogen-bond donors (Lipinski definition) is 0. The number of hydrogen-bond acceptors (Lipinski definition) is 8. The first-order chi connectivity index (χ1) is 35.0. The Morgan fingerprint density at radius 3 is 0.736 bits per heavy atom. The molecule has 0 saturated heterocycles. The minimum absolute atomic E-state index is 0.330. The van der Waals surface area contributed by atoms with Crippen LogP contribution in [0.1, 0.15) is 117 Å². The van der Waals surface area contributed by atoms with E-state index in [4.69, 9.17) is 0 Å². The molecule has 344 valence electrons. The molecular formula is C62H42N6O4. The third kappa shape index (κ3) is 6.44. The monoisotopic (exact) mass is 934 g/mol. The van der Waals surface area contributed by atoms with Crippen molar-refractivity contribution in [2.24, 2.45) is 0 Å². The lowest BCUT2D eigenvalue weighted by molar-refractivity contribution is 0.0515. The number of imide groups is 2. The lowest BCUT2D eigenvalue weighted by Crippen LogP contribution is -2.47. The van der Waals surface area contributed by atoms with Gasteiger partial charge in [0.2, 0.25) is 0 Å². The second-order valence-corrected chi connectivity index (χ2v) is 18.5. The van der Waals surface area contributed by atoms with Gasteiger partial charge < -0.3 is 0 Å². The molecule has 72 heavy (non-hydrogen) atoms. The number of rotatable bonds is 10. The fraction of sp³-hybridized carbons (Fsp3) is 0.161. The van der Waals surface area contributed by atoms with Gasteiger partial charge in [-0.05, 0) is 175 Å². The molecule has 0 unspecified atom stereocenters. The van der Waals surface area contributed by atoms with Crippen LogP contribution in [-0.4, -0.2) is 45.5 Å². The van der Waals surface area contributed by atoms with Gasteiger partial charge in [-0.15, -0.1) is 0 Å². The summed E-state index contributed by atoms with van der Waals surface area (Å²) >= 11 is 0. The summed E-state index contributed by atoms with van der Waals surface area (Å²) in [6, 6.07) is 43.9. The van der Waals surface area contributed by atoms with E-state index in [1.165, 1.54) is 9.80 Å². The van der Waals surface area contributed by atoms with E-state index in [9.17, 15) is 21.0 Å². The summed E-state index contributed by atoms with van der Waals surface area (Å²) < 4.78 is 0. The molecule has 9 aromatic rings. The lowest BCUT2D eigenvalue weighted by Gasteiger charge is -2.37. The van der Waals surface area contributed by atoms with Crippen LogP contribution >= 0.6 is 0 Å². The number of carbonyl (C=O) groups is 4. The molecule has 0 atom stereocenters. The van der Waals surface area contributed by atoms with Crippen molar-refractivity contribution in [1.29, 1.82) is 21.0 Å². The molecule has 4 amide bonds. The molecule has 0 spiro atoms. The van der Waals surface area contributed by atoms with Crippen molar-refractivity contribution < 1.29 is 19.2 Å². The summed E-state index contributed by atoms with van der Waals surface area (Å²) in [5.41, 5.74) is 7.73. The maximum Gasteiger partial charge on any atom is 0.262 e. The van der Waals surface area contributed by atoms with E-state index in [1.807, 2.05) is 52.0 Å². The van der Waals surface area contributed by atoms with Gasteiger partial charge in [-0.2, -0.15) is 21.0 Å². The zero-order valence-corrected chi connectivity index (χ0v) is 39.8. The van der Waals surface area contributed by atoms with Crippen LogP contribution in [0.2, 0.25) is 0 Å². The fourth-order valence-corrected chi connectivity index (χ4v) is 11.5. The van der Waals surface area contributed by atoms with Crippen LogP contribution < -0.4 is 0 Å². The summed E-state index contributed by atoms with van der Waals surface area (Å²) in [5.74, 6) is -1.78. The summed E-state index contributed by atoms with van der Waals surface area (Å²) in [7, 11) is 0. The molecule has 0 fully saturated rings. The predicted molar refractivity (Wildman–Crippen MR) is 278 cm³/mol. The van der Waals surface area contributed by atoms with E-state index in [-0.39, 0.29) is 0 Å². The molecule has 0 bridgehead atoms. The number of nitriles is 4. The quantitative estimate of drug-likeness (QED) is 0.0741. The van der Waals surface area contributed by atoms with E-state index in [2.05, 4.69) is 24.3 Å². The standard InChI is InChI=1S/C62H42N6O4/c1-5-41(6-2)67-59(69)53-43(37-17-9-33(29-63)10-18-37)25-47-49-27-45(39-21-13-35(31-65)14-22-39)55-58-52(49)50(48-26-44(38-19-11-34(30-64)12-20-38)54(60(67)70)57(53)51(47)48)28-46(40-23-15-36(32-66)16-24-40)56(58)62(72)68(61(55)71)42(7-3)8-4/h9-28,41-42H,5-8H2,1-4H3. The highest BCUT2D eigenvalue weighted by atomic mass is 16.2. The predicted octanol–water partition coefficient (Wildman–Crippen LogP) is 13.5. The highest BCUT2D eigenvalue weighted by molar-refractivity contribution is 6.45. The van der Waals surface area contributed by atoms with E-state index in [0.29, 0.717) is 158 Å². The van der Waals surface area contributed by atoms with Gasteiger partial charge in [0.15, 0.2) is 0 Å². The normalized spacial score (nSPS) is 13.2. The van der Waals surface area contributed by atoms with Crippen LogP contribution in [0.25, 0.3) is 87.6 Å². The van der Waals surface area contributed by atoms with Crippen molar-refractivity contribution in [2.45, 2.75) is 65.5 Å². The highest BCUT2D eigenvalue weighted by Crippen LogP contribution is 2.54. The van der Waals surface area contributed by atoms with Gasteiger partial charge in [0.1, 0.15) is 0 Å². The largest absolute Gasteiger partial charge is 0.271 e. The zero-order chi connectivity index (χ0) is 50.3. The average molecular weight is 935 g/mol. The maximum absolute atomic E-state index is 15.6. The third-order valence-corrected chi connectivity index (χ3v) is 15.0. The summed E-state index contributed by atoms with van der Waals surface area (Å²) in [6.07, 6.45) is 2.07. The van der Waals surface area contributed by atoms with Crippen molar-refractivity contribution in [3.8, 4) is 68.8 Å². The van der Waals surface area contributed by atoms with Crippen LogP contribution in [0.5, 0.6) is 0 Å². The number of fused-ring (bicyclic) bond motifs is 2. The summed E-state index contributed by atoms with van der Waals surface area (Å²) in [6.45, 7) is 7.83. The molecule has 0 aromatic heterocycles. The topological polar surface area (TPSA) is 170 Å². The van der Waals surface area contributed by atoms with E-state index in [1.54, 1.807) is 97.1 Å². The molecule has 10 heteroatoms. The summed E-state index contributed by atoms with van der Waals surface area (Å²) in [4.78, 5) is 65.2. The molecule has 0 N–H and O–H groups in total. The van der Waals surface area contributed by atoms with Gasteiger partial charge in [0.25, 0.3) is 23.6 Å². The smallest absolute Gasteiger partial charge is 0.262 e. The highest BCUT2D eigenvalue weighted by Gasteiger charge is 2.44. The van der Waals surface area contributed by atoms with Crippen molar-refractivity contribution in [3.63, 3.8) is 0 Å². The number of carbonyl (C=O) groups excluding carboxylic acids is 4. The molecule has 2 aliphatic heterocycles. The Morgan fingerprint density at radius 2 is 0.556 bits per heavy atom. The minimum Gasteiger partial charge on any atom is -0.271 e. The van der Waals surface area contributed by atoms with Gasteiger partial charge in [-0.3, -0.25) is 29.0 Å². The maximum atomic E-state index is 15.6. The first kappa shape index (κ1) is 45.0. The molecule has 2 aliphatic rings.